The lowest BCUT2D eigenvalue weighted by Gasteiger charge is -2.21. The molecule has 3 aromatic rings. The van der Waals surface area contributed by atoms with Gasteiger partial charge in [0.05, 0.1) is 17.1 Å². The summed E-state index contributed by atoms with van der Waals surface area (Å²) in [5, 5.41) is 3.08. The van der Waals surface area contributed by atoms with Crippen molar-refractivity contribution in [3.05, 3.63) is 65.5 Å². The summed E-state index contributed by atoms with van der Waals surface area (Å²) in [5.74, 6) is 0.861. The summed E-state index contributed by atoms with van der Waals surface area (Å²) in [5.41, 5.74) is 3.61. The van der Waals surface area contributed by atoms with Crippen molar-refractivity contribution in [3.63, 3.8) is 0 Å². The average Bonchev–Trinajstić information content (AvgIpc) is 3.25. The lowest BCUT2D eigenvalue weighted by atomic mass is 10.0. The molecule has 0 radical (unpaired) electrons. The Bertz CT molecular complexity index is 991. The molecule has 1 atom stereocenters. The van der Waals surface area contributed by atoms with Gasteiger partial charge < -0.3 is 15.2 Å². The number of hydrogen-bond donors (Lipinski definition) is 2. The second-order valence-electron chi connectivity index (χ2n) is 7.56. The van der Waals surface area contributed by atoms with Gasteiger partial charge in [-0.2, -0.15) is 0 Å². The number of benzene rings is 2. The van der Waals surface area contributed by atoms with Crippen molar-refractivity contribution < 1.29 is 9.59 Å². The molecule has 4 rings (SSSR count). The second-order valence-corrected chi connectivity index (χ2v) is 7.56. The highest BCUT2D eigenvalue weighted by Crippen LogP contribution is 2.24. The van der Waals surface area contributed by atoms with Gasteiger partial charge in [0.25, 0.3) is 5.91 Å². The minimum atomic E-state index is -0.202. The number of nitrogens with zero attached hydrogens (tertiary/aromatic N) is 2. The van der Waals surface area contributed by atoms with Crippen LogP contribution in [0.2, 0.25) is 0 Å². The van der Waals surface area contributed by atoms with E-state index in [0.717, 1.165) is 28.0 Å². The minimum absolute atomic E-state index is 0.00101. The number of imidazole rings is 1. The summed E-state index contributed by atoms with van der Waals surface area (Å²) in [7, 11) is 0. The summed E-state index contributed by atoms with van der Waals surface area (Å²) in [4.78, 5) is 34.7. The van der Waals surface area contributed by atoms with Gasteiger partial charge in [0, 0.05) is 25.1 Å². The van der Waals surface area contributed by atoms with Crippen LogP contribution in [-0.4, -0.2) is 33.2 Å². The summed E-state index contributed by atoms with van der Waals surface area (Å²) < 4.78 is 0. The van der Waals surface area contributed by atoms with E-state index in [9.17, 15) is 9.59 Å². The number of amides is 2. The van der Waals surface area contributed by atoms with Gasteiger partial charge in [-0.25, -0.2) is 4.98 Å². The number of carbonyl (C=O) groups is 2. The molecule has 0 saturated heterocycles. The van der Waals surface area contributed by atoms with Crippen molar-refractivity contribution in [2.24, 2.45) is 5.92 Å². The smallest absolute Gasteiger partial charge is 0.254 e. The van der Waals surface area contributed by atoms with Gasteiger partial charge in [-0.05, 0) is 29.7 Å². The first kappa shape index (κ1) is 18.2. The summed E-state index contributed by atoms with van der Waals surface area (Å²) in [6, 6.07) is 15.2. The van der Waals surface area contributed by atoms with Crippen LogP contribution in [0.4, 0.5) is 0 Å². The van der Waals surface area contributed by atoms with E-state index in [2.05, 4.69) is 29.1 Å². The molecule has 2 N–H and O–H groups in total. The van der Waals surface area contributed by atoms with Crippen LogP contribution in [0.15, 0.2) is 48.5 Å². The van der Waals surface area contributed by atoms with Crippen LogP contribution < -0.4 is 5.32 Å². The first-order valence-electron chi connectivity index (χ1n) is 9.64. The number of nitrogens with one attached hydrogen (secondary N) is 2. The van der Waals surface area contributed by atoms with Crippen molar-refractivity contribution in [1.82, 2.24) is 20.2 Å². The van der Waals surface area contributed by atoms with Crippen LogP contribution in [0.5, 0.6) is 0 Å². The fourth-order valence-corrected chi connectivity index (χ4v) is 3.65. The number of rotatable bonds is 6. The number of hydrogen-bond acceptors (Lipinski definition) is 3. The Morgan fingerprint density at radius 3 is 2.68 bits per heavy atom. The van der Waals surface area contributed by atoms with E-state index in [1.165, 1.54) is 0 Å². The van der Waals surface area contributed by atoms with Crippen LogP contribution in [-0.2, 0) is 11.3 Å². The largest absolute Gasteiger partial charge is 0.346 e. The van der Waals surface area contributed by atoms with E-state index in [0.29, 0.717) is 13.1 Å². The predicted octanol–water partition coefficient (Wildman–Crippen LogP) is 3.42. The van der Waals surface area contributed by atoms with E-state index in [4.69, 9.17) is 0 Å². The average molecular weight is 376 g/mol. The Hall–Kier alpha value is -3.15. The molecule has 0 spiro atoms. The molecule has 2 aromatic carbocycles. The molecule has 2 amide bonds. The van der Waals surface area contributed by atoms with Crippen molar-refractivity contribution in [1.29, 1.82) is 0 Å². The zero-order chi connectivity index (χ0) is 19.7. The van der Waals surface area contributed by atoms with Crippen LogP contribution in [0, 0.1) is 5.92 Å². The normalized spacial score (nSPS) is 14.5. The summed E-state index contributed by atoms with van der Waals surface area (Å²) in [6.07, 6.45) is 0.267. The molecule has 1 aliphatic heterocycles. The van der Waals surface area contributed by atoms with Crippen molar-refractivity contribution in [2.75, 3.05) is 6.54 Å². The summed E-state index contributed by atoms with van der Waals surface area (Å²) >= 11 is 0. The van der Waals surface area contributed by atoms with Crippen LogP contribution in [0.3, 0.4) is 0 Å². The molecular weight excluding hydrogens is 352 g/mol. The van der Waals surface area contributed by atoms with Crippen LogP contribution >= 0.6 is 0 Å². The zero-order valence-electron chi connectivity index (χ0n) is 16.1. The number of carbonyl (C=O) groups excluding carboxylic acids is 2. The molecule has 0 fully saturated rings. The number of H-pyrrole nitrogens is 1. The monoisotopic (exact) mass is 376 g/mol. The zero-order valence-corrected chi connectivity index (χ0v) is 16.1. The highest BCUT2D eigenvalue weighted by Gasteiger charge is 2.27. The van der Waals surface area contributed by atoms with Gasteiger partial charge in [0.2, 0.25) is 5.91 Å². The standard InChI is InChI=1S/C22H24N4O2/c1-14(2)20(21-23-17-9-5-6-10-18(17)24-21)25-19(27)11-12-26-13-15-7-3-4-8-16(15)22(26)28/h3-10,14,20H,11-13H2,1-2H3,(H,23,24)(H,25,27). The van der Waals surface area contributed by atoms with E-state index < -0.39 is 0 Å². The molecule has 1 aliphatic rings. The summed E-state index contributed by atoms with van der Waals surface area (Å²) in [6.45, 7) is 5.08. The van der Waals surface area contributed by atoms with E-state index in [-0.39, 0.29) is 30.2 Å². The number of fused-ring (bicyclic) bond motifs is 2. The SMILES string of the molecule is CC(C)C(NC(=O)CCN1Cc2ccccc2C1=O)c1nc2ccccc2[nH]1. The topological polar surface area (TPSA) is 78.1 Å². The highest BCUT2D eigenvalue weighted by atomic mass is 16.2. The first-order chi connectivity index (χ1) is 13.5. The van der Waals surface area contributed by atoms with Crippen molar-refractivity contribution >= 4 is 22.8 Å². The molecule has 2 heterocycles. The maximum atomic E-state index is 12.6. The lowest BCUT2D eigenvalue weighted by molar-refractivity contribution is -0.122. The minimum Gasteiger partial charge on any atom is -0.346 e. The Morgan fingerprint density at radius 2 is 1.93 bits per heavy atom. The molecule has 6 nitrogen and oxygen atoms in total. The lowest BCUT2D eigenvalue weighted by Crippen LogP contribution is -2.35. The van der Waals surface area contributed by atoms with Gasteiger partial charge >= 0.3 is 0 Å². The molecule has 0 bridgehead atoms. The van der Waals surface area contributed by atoms with Gasteiger partial charge in [-0.15, -0.1) is 0 Å². The van der Waals surface area contributed by atoms with E-state index >= 15 is 0 Å². The molecule has 144 valence electrons. The molecular formula is C22H24N4O2. The van der Waals surface area contributed by atoms with Crippen molar-refractivity contribution in [3.8, 4) is 0 Å². The van der Waals surface area contributed by atoms with Crippen molar-refractivity contribution in [2.45, 2.75) is 32.9 Å². The molecule has 0 aliphatic carbocycles. The molecule has 1 aromatic heterocycles. The van der Waals surface area contributed by atoms with Gasteiger partial charge in [-0.3, -0.25) is 9.59 Å². The highest BCUT2D eigenvalue weighted by molar-refractivity contribution is 5.98. The Kier molecular flexibility index (Phi) is 4.86. The Balaban J connectivity index is 1.40. The molecule has 0 saturated carbocycles. The third-order valence-electron chi connectivity index (χ3n) is 5.19. The molecule has 28 heavy (non-hydrogen) atoms. The fourth-order valence-electron chi connectivity index (χ4n) is 3.65. The number of para-hydroxylation sites is 2. The fraction of sp³-hybridized carbons (Fsp3) is 0.318. The third-order valence-corrected chi connectivity index (χ3v) is 5.19. The predicted molar refractivity (Wildman–Crippen MR) is 108 cm³/mol. The second kappa shape index (κ2) is 7.46. The Labute approximate surface area is 164 Å². The van der Waals surface area contributed by atoms with Gasteiger partial charge in [0.15, 0.2) is 0 Å². The Morgan fingerprint density at radius 1 is 1.18 bits per heavy atom. The van der Waals surface area contributed by atoms with Gasteiger partial charge in [-0.1, -0.05) is 44.2 Å². The van der Waals surface area contributed by atoms with E-state index in [1.807, 2.05) is 48.5 Å². The first-order valence-corrected chi connectivity index (χ1v) is 9.64. The van der Waals surface area contributed by atoms with E-state index in [1.54, 1.807) is 4.90 Å². The number of aromatic nitrogens is 2. The van der Waals surface area contributed by atoms with Gasteiger partial charge in [0.1, 0.15) is 5.82 Å². The third kappa shape index (κ3) is 3.50. The molecule has 6 heteroatoms. The number of aromatic amines is 1. The molecule has 1 unspecified atom stereocenters. The van der Waals surface area contributed by atoms with Crippen LogP contribution in [0.1, 0.15) is 48.1 Å². The maximum Gasteiger partial charge on any atom is 0.254 e. The van der Waals surface area contributed by atoms with Crippen LogP contribution in [0.25, 0.3) is 11.0 Å². The maximum absolute atomic E-state index is 12.6. The quantitative estimate of drug-likeness (QED) is 0.692.